The van der Waals surface area contributed by atoms with Gasteiger partial charge in [0, 0.05) is 25.6 Å². The molecule has 1 unspecified atom stereocenters. The van der Waals surface area contributed by atoms with Gasteiger partial charge in [0.15, 0.2) is 0 Å². The number of nitrogens with zero attached hydrogens (tertiary/aromatic N) is 1. The SMILES string of the molecule is CC(CCC(=O)O)CNC(=O)N(Cc1ccsc1)C1CC1. The molecule has 6 heteroatoms. The summed E-state index contributed by atoms with van der Waals surface area (Å²) in [6.45, 7) is 3.14. The summed E-state index contributed by atoms with van der Waals surface area (Å²) in [5.74, 6) is -0.613. The Bertz CT molecular complexity index is 471. The van der Waals surface area contributed by atoms with E-state index in [0.29, 0.717) is 25.6 Å². The first-order valence-corrected chi connectivity index (χ1v) is 8.28. The molecule has 2 rings (SSSR count). The van der Waals surface area contributed by atoms with Gasteiger partial charge in [0.05, 0.1) is 0 Å². The third kappa shape index (κ3) is 5.38. The first-order valence-electron chi connectivity index (χ1n) is 7.33. The minimum absolute atomic E-state index is 0.0362. The van der Waals surface area contributed by atoms with Gasteiger partial charge in [0.25, 0.3) is 0 Å². The highest BCUT2D eigenvalue weighted by molar-refractivity contribution is 7.07. The van der Waals surface area contributed by atoms with Crippen molar-refractivity contribution in [2.24, 2.45) is 5.92 Å². The number of hydrogen-bond donors (Lipinski definition) is 2. The second kappa shape index (κ2) is 7.45. The highest BCUT2D eigenvalue weighted by atomic mass is 32.1. The van der Waals surface area contributed by atoms with Crippen molar-refractivity contribution in [1.82, 2.24) is 10.2 Å². The average Bonchev–Trinajstić information content (AvgIpc) is 3.16. The Hall–Kier alpha value is -1.56. The van der Waals surface area contributed by atoms with Crippen molar-refractivity contribution in [3.8, 4) is 0 Å². The lowest BCUT2D eigenvalue weighted by molar-refractivity contribution is -0.137. The predicted molar refractivity (Wildman–Crippen MR) is 82.3 cm³/mol. The first kappa shape index (κ1) is 15.8. The molecule has 1 aromatic heterocycles. The number of carboxylic acid groups (broad SMARTS) is 1. The number of urea groups is 1. The van der Waals surface area contributed by atoms with Crippen LogP contribution in [0.2, 0.25) is 0 Å². The Kier molecular flexibility index (Phi) is 5.61. The van der Waals surface area contributed by atoms with Crippen LogP contribution in [0.1, 0.15) is 38.2 Å². The van der Waals surface area contributed by atoms with Crippen LogP contribution in [-0.4, -0.2) is 34.6 Å². The van der Waals surface area contributed by atoms with Gasteiger partial charge in [-0.1, -0.05) is 6.92 Å². The molecule has 0 spiro atoms. The lowest BCUT2D eigenvalue weighted by Crippen LogP contribution is -2.42. The number of carbonyl (C=O) groups excluding carboxylic acids is 1. The van der Waals surface area contributed by atoms with E-state index in [1.54, 1.807) is 11.3 Å². The molecule has 2 N–H and O–H groups in total. The van der Waals surface area contributed by atoms with Gasteiger partial charge < -0.3 is 15.3 Å². The second-order valence-corrected chi connectivity index (χ2v) is 6.49. The van der Waals surface area contributed by atoms with E-state index in [9.17, 15) is 9.59 Å². The van der Waals surface area contributed by atoms with Crippen LogP contribution < -0.4 is 5.32 Å². The maximum absolute atomic E-state index is 12.3. The van der Waals surface area contributed by atoms with Crippen LogP contribution in [0.25, 0.3) is 0 Å². The zero-order chi connectivity index (χ0) is 15.2. The minimum Gasteiger partial charge on any atom is -0.481 e. The predicted octanol–water partition coefficient (Wildman–Crippen LogP) is 2.92. The fourth-order valence-corrected chi connectivity index (χ4v) is 2.83. The fraction of sp³-hybridized carbons (Fsp3) is 0.600. The monoisotopic (exact) mass is 310 g/mol. The van der Waals surface area contributed by atoms with E-state index in [1.165, 1.54) is 5.56 Å². The van der Waals surface area contributed by atoms with Crippen molar-refractivity contribution in [1.29, 1.82) is 0 Å². The molecule has 1 aromatic rings. The van der Waals surface area contributed by atoms with Crippen LogP contribution in [-0.2, 0) is 11.3 Å². The van der Waals surface area contributed by atoms with E-state index in [0.717, 1.165) is 12.8 Å². The molecule has 2 amide bonds. The van der Waals surface area contributed by atoms with Crippen LogP contribution in [0, 0.1) is 5.92 Å². The first-order chi connectivity index (χ1) is 10.1. The van der Waals surface area contributed by atoms with Gasteiger partial charge in [0.1, 0.15) is 0 Å². The number of rotatable bonds is 8. The van der Waals surface area contributed by atoms with E-state index in [4.69, 9.17) is 5.11 Å². The lowest BCUT2D eigenvalue weighted by Gasteiger charge is -2.23. The van der Waals surface area contributed by atoms with Crippen LogP contribution >= 0.6 is 11.3 Å². The van der Waals surface area contributed by atoms with Crippen molar-refractivity contribution in [2.45, 2.75) is 45.2 Å². The molecule has 0 radical (unpaired) electrons. The van der Waals surface area contributed by atoms with Gasteiger partial charge in [-0.15, -0.1) is 0 Å². The van der Waals surface area contributed by atoms with Gasteiger partial charge in [0.2, 0.25) is 0 Å². The van der Waals surface area contributed by atoms with Gasteiger partial charge in [-0.2, -0.15) is 11.3 Å². The Morgan fingerprint density at radius 2 is 2.29 bits per heavy atom. The van der Waals surface area contributed by atoms with E-state index >= 15 is 0 Å². The van der Waals surface area contributed by atoms with Crippen molar-refractivity contribution in [2.75, 3.05) is 6.54 Å². The molecule has 1 aliphatic carbocycles. The summed E-state index contributed by atoms with van der Waals surface area (Å²) < 4.78 is 0. The highest BCUT2D eigenvalue weighted by Gasteiger charge is 2.32. The largest absolute Gasteiger partial charge is 0.481 e. The second-order valence-electron chi connectivity index (χ2n) is 5.71. The van der Waals surface area contributed by atoms with Crippen LogP contribution in [0.15, 0.2) is 16.8 Å². The Labute approximate surface area is 129 Å². The van der Waals surface area contributed by atoms with Crippen molar-refractivity contribution < 1.29 is 14.7 Å². The minimum atomic E-state index is -0.787. The maximum Gasteiger partial charge on any atom is 0.317 e. The number of nitrogens with one attached hydrogen (secondary N) is 1. The zero-order valence-electron chi connectivity index (χ0n) is 12.2. The van der Waals surface area contributed by atoms with E-state index < -0.39 is 5.97 Å². The van der Waals surface area contributed by atoms with E-state index in [-0.39, 0.29) is 18.4 Å². The van der Waals surface area contributed by atoms with E-state index in [2.05, 4.69) is 10.7 Å². The van der Waals surface area contributed by atoms with Crippen molar-refractivity contribution in [3.63, 3.8) is 0 Å². The summed E-state index contributed by atoms with van der Waals surface area (Å²) in [5.41, 5.74) is 1.17. The van der Waals surface area contributed by atoms with Gasteiger partial charge in [-0.05, 0) is 47.6 Å². The summed E-state index contributed by atoms with van der Waals surface area (Å²) in [4.78, 5) is 24.7. The normalized spacial score (nSPS) is 15.5. The molecule has 0 aliphatic heterocycles. The quantitative estimate of drug-likeness (QED) is 0.775. The van der Waals surface area contributed by atoms with Crippen molar-refractivity contribution >= 4 is 23.3 Å². The fourth-order valence-electron chi connectivity index (χ4n) is 2.17. The summed E-state index contributed by atoms with van der Waals surface area (Å²) in [6.07, 6.45) is 2.89. The van der Waals surface area contributed by atoms with Gasteiger partial charge >= 0.3 is 12.0 Å². The summed E-state index contributed by atoms with van der Waals surface area (Å²) >= 11 is 1.64. The van der Waals surface area contributed by atoms with Crippen LogP contribution in [0.4, 0.5) is 4.79 Å². The number of amides is 2. The average molecular weight is 310 g/mol. The van der Waals surface area contributed by atoms with Gasteiger partial charge in [-0.3, -0.25) is 4.79 Å². The molecule has 1 heterocycles. The Morgan fingerprint density at radius 1 is 1.52 bits per heavy atom. The number of thiophene rings is 1. The molecule has 116 valence electrons. The smallest absolute Gasteiger partial charge is 0.317 e. The third-order valence-electron chi connectivity index (χ3n) is 3.63. The highest BCUT2D eigenvalue weighted by Crippen LogP contribution is 2.28. The number of aliphatic carboxylic acids is 1. The Balaban J connectivity index is 1.78. The number of carbonyl (C=O) groups is 2. The van der Waals surface area contributed by atoms with Gasteiger partial charge in [-0.25, -0.2) is 4.79 Å². The van der Waals surface area contributed by atoms with Crippen molar-refractivity contribution in [3.05, 3.63) is 22.4 Å². The molecule has 1 aliphatic rings. The molecule has 0 bridgehead atoms. The number of hydrogen-bond acceptors (Lipinski definition) is 3. The number of carboxylic acids is 1. The zero-order valence-corrected chi connectivity index (χ0v) is 13.1. The Morgan fingerprint density at radius 3 is 2.86 bits per heavy atom. The summed E-state index contributed by atoms with van der Waals surface area (Å²) in [7, 11) is 0. The molecular weight excluding hydrogens is 288 g/mol. The lowest BCUT2D eigenvalue weighted by atomic mass is 10.1. The van der Waals surface area contributed by atoms with Crippen LogP contribution in [0.5, 0.6) is 0 Å². The topological polar surface area (TPSA) is 69.6 Å². The molecular formula is C15H22N2O3S. The van der Waals surface area contributed by atoms with E-state index in [1.807, 2.05) is 23.3 Å². The molecule has 0 saturated heterocycles. The van der Waals surface area contributed by atoms with Crippen LogP contribution in [0.3, 0.4) is 0 Å². The molecule has 5 nitrogen and oxygen atoms in total. The molecule has 1 saturated carbocycles. The standard InChI is InChI=1S/C15H22N2O3S/c1-11(2-5-14(18)19)8-16-15(20)17(13-3-4-13)9-12-6-7-21-10-12/h6-7,10-11,13H,2-5,8-9H2,1H3,(H,16,20)(H,18,19). The summed E-state index contributed by atoms with van der Waals surface area (Å²) in [5, 5.41) is 15.7. The molecule has 21 heavy (non-hydrogen) atoms. The third-order valence-corrected chi connectivity index (χ3v) is 4.37. The molecule has 1 atom stereocenters. The molecule has 0 aromatic carbocycles. The molecule has 1 fully saturated rings. The maximum atomic E-state index is 12.3. The summed E-state index contributed by atoms with van der Waals surface area (Å²) in [6, 6.07) is 2.37.